The van der Waals surface area contributed by atoms with Crippen molar-refractivity contribution < 1.29 is 28.6 Å². The molecule has 8 heteroatoms. The van der Waals surface area contributed by atoms with Crippen LogP contribution in [-0.4, -0.2) is 35.7 Å². The molecule has 180 valence electrons. The van der Waals surface area contributed by atoms with Crippen LogP contribution in [-0.2, 0) is 9.53 Å². The van der Waals surface area contributed by atoms with Crippen LogP contribution in [0.3, 0.4) is 0 Å². The maximum atomic E-state index is 14.6. The molecule has 0 bridgehead atoms. The normalized spacial score (nSPS) is 13.0. The van der Waals surface area contributed by atoms with E-state index in [1.807, 2.05) is 48.5 Å². The zero-order valence-electron chi connectivity index (χ0n) is 19.2. The van der Waals surface area contributed by atoms with Crippen molar-refractivity contribution >= 4 is 23.7 Å². The number of hydrogen-bond acceptors (Lipinski definition) is 4. The average Bonchev–Trinajstić information content (AvgIpc) is 3.15. The smallest absolute Gasteiger partial charge is 0.411 e. The van der Waals surface area contributed by atoms with Gasteiger partial charge >= 0.3 is 12.1 Å². The number of carboxylic acid groups (broad SMARTS) is 1. The molecule has 0 unspecified atom stereocenters. The molecule has 1 aliphatic carbocycles. The summed E-state index contributed by atoms with van der Waals surface area (Å²) in [5.41, 5.74) is 4.09. The SMILES string of the molecule is CC(C)[C@@H](NC(=O)c1ccc(NC(=O)OCC2c3ccccc3-c3ccccc32)c(F)c1)C(=O)O. The lowest BCUT2D eigenvalue weighted by atomic mass is 9.98. The number of hydrogen-bond donors (Lipinski definition) is 3. The Kier molecular flexibility index (Phi) is 6.82. The number of benzene rings is 3. The van der Waals surface area contributed by atoms with Crippen LogP contribution in [0, 0.1) is 11.7 Å². The molecule has 0 saturated heterocycles. The Balaban J connectivity index is 1.40. The van der Waals surface area contributed by atoms with Crippen LogP contribution in [0.1, 0.15) is 41.3 Å². The van der Waals surface area contributed by atoms with E-state index >= 15 is 0 Å². The lowest BCUT2D eigenvalue weighted by molar-refractivity contribution is -0.140. The second-order valence-corrected chi connectivity index (χ2v) is 8.68. The molecule has 0 aromatic heterocycles. The highest BCUT2D eigenvalue weighted by Gasteiger charge is 2.29. The van der Waals surface area contributed by atoms with Crippen LogP contribution in [0.5, 0.6) is 0 Å². The van der Waals surface area contributed by atoms with Gasteiger partial charge in [-0.25, -0.2) is 14.0 Å². The molecule has 0 saturated carbocycles. The van der Waals surface area contributed by atoms with E-state index in [4.69, 9.17) is 4.74 Å². The third-order valence-corrected chi connectivity index (χ3v) is 6.03. The van der Waals surface area contributed by atoms with Gasteiger partial charge in [0.1, 0.15) is 18.5 Å². The molecular weight excluding hydrogens is 451 g/mol. The van der Waals surface area contributed by atoms with Crippen LogP contribution >= 0.6 is 0 Å². The van der Waals surface area contributed by atoms with E-state index in [0.717, 1.165) is 28.3 Å². The largest absolute Gasteiger partial charge is 0.480 e. The quantitative estimate of drug-likeness (QED) is 0.444. The van der Waals surface area contributed by atoms with Crippen molar-refractivity contribution in [2.75, 3.05) is 11.9 Å². The van der Waals surface area contributed by atoms with Gasteiger partial charge in [-0.15, -0.1) is 0 Å². The number of rotatable bonds is 7. The summed E-state index contributed by atoms with van der Waals surface area (Å²) >= 11 is 0. The van der Waals surface area contributed by atoms with Gasteiger partial charge in [-0.2, -0.15) is 0 Å². The molecule has 0 radical (unpaired) electrons. The van der Waals surface area contributed by atoms with Crippen molar-refractivity contribution in [2.24, 2.45) is 5.92 Å². The van der Waals surface area contributed by atoms with Crippen LogP contribution in [0.2, 0.25) is 0 Å². The summed E-state index contributed by atoms with van der Waals surface area (Å²) in [4.78, 5) is 36.1. The summed E-state index contributed by atoms with van der Waals surface area (Å²) in [5, 5.41) is 14.0. The molecule has 0 spiro atoms. The van der Waals surface area contributed by atoms with Gasteiger partial charge in [-0.3, -0.25) is 10.1 Å². The zero-order valence-corrected chi connectivity index (χ0v) is 19.2. The minimum Gasteiger partial charge on any atom is -0.480 e. The zero-order chi connectivity index (χ0) is 25.1. The van der Waals surface area contributed by atoms with E-state index in [2.05, 4.69) is 10.6 Å². The Bertz CT molecular complexity index is 1240. The van der Waals surface area contributed by atoms with E-state index in [1.165, 1.54) is 12.1 Å². The van der Waals surface area contributed by atoms with E-state index in [1.54, 1.807) is 13.8 Å². The number of amides is 2. The lowest BCUT2D eigenvalue weighted by Gasteiger charge is -2.18. The molecule has 3 aromatic carbocycles. The average molecular weight is 477 g/mol. The number of nitrogens with one attached hydrogen (secondary N) is 2. The Morgan fingerprint density at radius 1 is 0.971 bits per heavy atom. The number of halogens is 1. The number of ether oxygens (including phenoxy) is 1. The summed E-state index contributed by atoms with van der Waals surface area (Å²) < 4.78 is 20.0. The van der Waals surface area contributed by atoms with Crippen LogP contribution in [0.4, 0.5) is 14.9 Å². The molecule has 1 aliphatic rings. The van der Waals surface area contributed by atoms with Crippen LogP contribution in [0.15, 0.2) is 66.7 Å². The minimum atomic E-state index is -1.18. The fraction of sp³-hybridized carbons (Fsp3) is 0.222. The lowest BCUT2D eigenvalue weighted by Crippen LogP contribution is -2.44. The molecule has 3 aromatic rings. The number of carbonyl (C=O) groups is 3. The minimum absolute atomic E-state index is 0.0625. The molecule has 3 N–H and O–H groups in total. The predicted octanol–water partition coefficient (Wildman–Crippen LogP) is 5.03. The maximum Gasteiger partial charge on any atom is 0.411 e. The summed E-state index contributed by atoms with van der Waals surface area (Å²) in [6, 6.07) is 18.2. The molecule has 4 rings (SSSR count). The summed E-state index contributed by atoms with van der Waals surface area (Å²) in [7, 11) is 0. The Hall–Kier alpha value is -4.20. The van der Waals surface area contributed by atoms with Gasteiger partial charge in [-0.05, 0) is 46.4 Å². The fourth-order valence-electron chi connectivity index (χ4n) is 4.24. The van der Waals surface area contributed by atoms with Crippen LogP contribution < -0.4 is 10.6 Å². The third-order valence-electron chi connectivity index (χ3n) is 6.03. The van der Waals surface area contributed by atoms with Crippen molar-refractivity contribution in [1.29, 1.82) is 0 Å². The van der Waals surface area contributed by atoms with Crippen molar-refractivity contribution in [3.05, 3.63) is 89.2 Å². The highest BCUT2D eigenvalue weighted by molar-refractivity contribution is 5.97. The molecule has 0 heterocycles. The topological polar surface area (TPSA) is 105 Å². The van der Waals surface area contributed by atoms with E-state index in [9.17, 15) is 23.9 Å². The number of carbonyl (C=O) groups excluding carboxylic acids is 2. The Labute approximate surface area is 201 Å². The van der Waals surface area contributed by atoms with Crippen molar-refractivity contribution in [2.45, 2.75) is 25.8 Å². The van der Waals surface area contributed by atoms with Crippen LogP contribution in [0.25, 0.3) is 11.1 Å². The second-order valence-electron chi connectivity index (χ2n) is 8.68. The molecular formula is C27H25FN2O5. The van der Waals surface area contributed by atoms with Gasteiger partial charge in [0.15, 0.2) is 0 Å². The molecule has 2 amide bonds. The van der Waals surface area contributed by atoms with Gasteiger partial charge in [0.2, 0.25) is 0 Å². The number of aliphatic carboxylic acids is 1. The van der Waals surface area contributed by atoms with Gasteiger partial charge < -0.3 is 15.2 Å². The molecule has 0 aliphatic heterocycles. The predicted molar refractivity (Wildman–Crippen MR) is 129 cm³/mol. The van der Waals surface area contributed by atoms with Crippen molar-refractivity contribution in [1.82, 2.24) is 5.32 Å². The fourth-order valence-corrected chi connectivity index (χ4v) is 4.24. The van der Waals surface area contributed by atoms with Gasteiger partial charge in [0.05, 0.1) is 5.69 Å². The molecule has 0 fully saturated rings. The molecule has 7 nitrogen and oxygen atoms in total. The standard InChI is InChI=1S/C27H25FN2O5/c1-15(2)24(26(32)33)30-25(31)16-11-12-23(22(28)13-16)29-27(34)35-14-21-19-9-5-3-7-17(19)18-8-4-6-10-20(18)21/h3-13,15,21,24H,14H2,1-2H3,(H,29,34)(H,30,31)(H,32,33)/t24-/m1/s1. The molecule has 1 atom stereocenters. The van der Waals surface area contributed by atoms with E-state index in [-0.39, 0.29) is 29.7 Å². The summed E-state index contributed by atoms with van der Waals surface area (Å²) in [5.74, 6) is -3.23. The highest BCUT2D eigenvalue weighted by atomic mass is 19.1. The first-order valence-electron chi connectivity index (χ1n) is 11.2. The molecule has 35 heavy (non-hydrogen) atoms. The maximum absolute atomic E-state index is 14.6. The van der Waals surface area contributed by atoms with Crippen molar-refractivity contribution in [3.8, 4) is 11.1 Å². The highest BCUT2D eigenvalue weighted by Crippen LogP contribution is 2.44. The number of carboxylic acids is 1. The van der Waals surface area contributed by atoms with Gasteiger partial charge in [0, 0.05) is 11.5 Å². The van der Waals surface area contributed by atoms with Crippen molar-refractivity contribution in [3.63, 3.8) is 0 Å². The first kappa shape index (κ1) is 23.9. The third kappa shape index (κ3) is 5.01. The first-order chi connectivity index (χ1) is 16.8. The van der Waals surface area contributed by atoms with Gasteiger partial charge in [0.25, 0.3) is 5.91 Å². The van der Waals surface area contributed by atoms with Gasteiger partial charge in [-0.1, -0.05) is 62.4 Å². The Morgan fingerprint density at radius 2 is 1.57 bits per heavy atom. The second kappa shape index (κ2) is 9.97. The first-order valence-corrected chi connectivity index (χ1v) is 11.2. The number of anilines is 1. The van der Waals surface area contributed by atoms with E-state index in [0.29, 0.717) is 0 Å². The Morgan fingerprint density at radius 3 is 2.11 bits per heavy atom. The summed E-state index contributed by atoms with van der Waals surface area (Å²) in [6.45, 7) is 3.38. The number of fused-ring (bicyclic) bond motifs is 3. The van der Waals surface area contributed by atoms with E-state index < -0.39 is 29.8 Å². The monoisotopic (exact) mass is 476 g/mol. The summed E-state index contributed by atoms with van der Waals surface area (Å²) in [6.07, 6.45) is -0.825.